The lowest BCUT2D eigenvalue weighted by Gasteiger charge is -2.34. The van der Waals surface area contributed by atoms with Gasteiger partial charge in [0.1, 0.15) is 0 Å². The van der Waals surface area contributed by atoms with Gasteiger partial charge in [-0.2, -0.15) is 0 Å². The number of rotatable bonds is 9. The molecule has 0 radical (unpaired) electrons. The second-order valence-electron chi connectivity index (χ2n) is 7.95. The van der Waals surface area contributed by atoms with Gasteiger partial charge in [-0.3, -0.25) is 9.89 Å². The lowest BCUT2D eigenvalue weighted by atomic mass is 9.92. The van der Waals surface area contributed by atoms with E-state index in [4.69, 9.17) is 0 Å². The van der Waals surface area contributed by atoms with Crippen LogP contribution in [0.3, 0.4) is 0 Å². The molecular formula is C25H38IN5. The number of nitrogens with zero attached hydrogens (tertiary/aromatic N) is 3. The second kappa shape index (κ2) is 14.4. The summed E-state index contributed by atoms with van der Waals surface area (Å²) in [6.07, 6.45) is 1.01. The maximum Gasteiger partial charge on any atom is 0.191 e. The summed E-state index contributed by atoms with van der Waals surface area (Å²) in [7, 11) is 1.85. The second-order valence-corrected chi connectivity index (χ2v) is 7.95. The molecule has 0 bridgehead atoms. The van der Waals surface area contributed by atoms with Crippen LogP contribution in [0.2, 0.25) is 0 Å². The van der Waals surface area contributed by atoms with Crippen molar-refractivity contribution in [1.82, 2.24) is 20.4 Å². The summed E-state index contributed by atoms with van der Waals surface area (Å²) in [6, 6.07) is 21.5. The molecule has 0 spiro atoms. The minimum atomic E-state index is 0. The summed E-state index contributed by atoms with van der Waals surface area (Å²) < 4.78 is 0. The van der Waals surface area contributed by atoms with Crippen LogP contribution in [0.15, 0.2) is 65.7 Å². The van der Waals surface area contributed by atoms with Gasteiger partial charge in [0.15, 0.2) is 5.96 Å². The van der Waals surface area contributed by atoms with Crippen LogP contribution in [-0.2, 0) is 6.42 Å². The molecule has 1 heterocycles. The predicted molar refractivity (Wildman–Crippen MR) is 143 cm³/mol. The zero-order valence-corrected chi connectivity index (χ0v) is 21.3. The summed E-state index contributed by atoms with van der Waals surface area (Å²) >= 11 is 0. The Balaban J connectivity index is 0.00000341. The van der Waals surface area contributed by atoms with Crippen molar-refractivity contribution in [2.75, 3.05) is 59.4 Å². The Morgan fingerprint density at radius 3 is 2.13 bits per heavy atom. The molecule has 1 fully saturated rings. The van der Waals surface area contributed by atoms with E-state index in [9.17, 15) is 0 Å². The molecule has 0 aromatic heterocycles. The third kappa shape index (κ3) is 8.79. The first kappa shape index (κ1) is 25.6. The zero-order chi connectivity index (χ0) is 21.0. The summed E-state index contributed by atoms with van der Waals surface area (Å²) in [6.45, 7) is 10.9. The number of aliphatic imine (C=N–C) groups is 1. The van der Waals surface area contributed by atoms with Crippen LogP contribution in [0.25, 0.3) is 0 Å². The van der Waals surface area contributed by atoms with Crippen molar-refractivity contribution in [3.05, 3.63) is 71.8 Å². The molecule has 1 saturated heterocycles. The van der Waals surface area contributed by atoms with Crippen molar-refractivity contribution in [3.63, 3.8) is 0 Å². The van der Waals surface area contributed by atoms with E-state index in [2.05, 4.69) is 93.0 Å². The highest BCUT2D eigenvalue weighted by molar-refractivity contribution is 14.0. The molecule has 3 rings (SSSR count). The van der Waals surface area contributed by atoms with E-state index in [0.29, 0.717) is 5.92 Å². The molecule has 2 aromatic rings. The highest BCUT2D eigenvalue weighted by atomic mass is 127. The Bertz CT molecular complexity index is 745. The number of piperazine rings is 1. The fourth-order valence-electron chi connectivity index (χ4n) is 4.03. The summed E-state index contributed by atoms with van der Waals surface area (Å²) in [5, 5.41) is 7.05. The van der Waals surface area contributed by atoms with Crippen LogP contribution in [0.1, 0.15) is 24.0 Å². The molecule has 0 aliphatic carbocycles. The van der Waals surface area contributed by atoms with Crippen LogP contribution >= 0.6 is 24.0 Å². The first-order chi connectivity index (χ1) is 14.8. The van der Waals surface area contributed by atoms with Crippen molar-refractivity contribution < 1.29 is 0 Å². The van der Waals surface area contributed by atoms with Crippen molar-refractivity contribution in [1.29, 1.82) is 0 Å². The first-order valence-electron chi connectivity index (χ1n) is 11.3. The highest BCUT2D eigenvalue weighted by Crippen LogP contribution is 2.20. The molecule has 0 amide bonds. The minimum absolute atomic E-state index is 0. The van der Waals surface area contributed by atoms with Crippen LogP contribution in [0.5, 0.6) is 0 Å². The van der Waals surface area contributed by atoms with Crippen LogP contribution in [0.4, 0.5) is 0 Å². The van der Waals surface area contributed by atoms with E-state index in [0.717, 1.165) is 51.6 Å². The molecule has 0 saturated carbocycles. The molecule has 6 heteroatoms. The van der Waals surface area contributed by atoms with Crippen molar-refractivity contribution in [2.45, 2.75) is 19.3 Å². The number of hydrogen-bond donors (Lipinski definition) is 2. The van der Waals surface area contributed by atoms with Gasteiger partial charge in [-0.1, -0.05) is 67.6 Å². The lowest BCUT2D eigenvalue weighted by Crippen LogP contribution is -2.49. The van der Waals surface area contributed by atoms with Crippen LogP contribution in [-0.4, -0.2) is 75.2 Å². The van der Waals surface area contributed by atoms with Gasteiger partial charge in [-0.15, -0.1) is 24.0 Å². The Morgan fingerprint density at radius 1 is 0.903 bits per heavy atom. The van der Waals surface area contributed by atoms with Gasteiger partial charge < -0.3 is 15.5 Å². The standard InChI is InChI=1S/C25H37N5.HI/c1-3-29-16-18-30(19-17-29)15-14-27-25(26-2)28-21-24(23-12-8-5-9-13-23)20-22-10-6-4-7-11-22;/h4-13,24H,3,14-21H2,1-2H3,(H2,26,27,28);1H. The topological polar surface area (TPSA) is 42.9 Å². The van der Waals surface area contributed by atoms with Gasteiger partial charge in [0, 0.05) is 58.8 Å². The number of benzene rings is 2. The van der Waals surface area contributed by atoms with E-state index < -0.39 is 0 Å². The van der Waals surface area contributed by atoms with Crippen LogP contribution in [0, 0.1) is 0 Å². The van der Waals surface area contributed by atoms with Crippen molar-refractivity contribution in [2.24, 2.45) is 4.99 Å². The summed E-state index contributed by atoms with van der Waals surface area (Å²) in [4.78, 5) is 9.49. The van der Waals surface area contributed by atoms with Gasteiger partial charge >= 0.3 is 0 Å². The van der Waals surface area contributed by atoms with E-state index in [-0.39, 0.29) is 24.0 Å². The van der Waals surface area contributed by atoms with E-state index in [1.54, 1.807) is 0 Å². The number of halogens is 1. The smallest absolute Gasteiger partial charge is 0.191 e. The third-order valence-corrected chi connectivity index (χ3v) is 5.97. The molecule has 2 aromatic carbocycles. The van der Waals surface area contributed by atoms with Gasteiger partial charge in [0.2, 0.25) is 0 Å². The molecular weight excluding hydrogens is 497 g/mol. The zero-order valence-electron chi connectivity index (χ0n) is 19.0. The Kier molecular flexibility index (Phi) is 11.9. The van der Waals surface area contributed by atoms with Gasteiger partial charge in [0.05, 0.1) is 0 Å². The highest BCUT2D eigenvalue weighted by Gasteiger charge is 2.16. The van der Waals surface area contributed by atoms with E-state index >= 15 is 0 Å². The summed E-state index contributed by atoms with van der Waals surface area (Å²) in [5.41, 5.74) is 2.72. The van der Waals surface area contributed by atoms with Crippen molar-refractivity contribution in [3.8, 4) is 0 Å². The maximum atomic E-state index is 4.44. The fourth-order valence-corrected chi connectivity index (χ4v) is 4.03. The minimum Gasteiger partial charge on any atom is -0.356 e. The molecule has 31 heavy (non-hydrogen) atoms. The number of hydrogen-bond acceptors (Lipinski definition) is 3. The van der Waals surface area contributed by atoms with Crippen LogP contribution < -0.4 is 10.6 Å². The molecule has 1 unspecified atom stereocenters. The first-order valence-corrected chi connectivity index (χ1v) is 11.3. The van der Waals surface area contributed by atoms with Gasteiger partial charge in [0.25, 0.3) is 0 Å². The monoisotopic (exact) mass is 535 g/mol. The average Bonchev–Trinajstić information content (AvgIpc) is 2.82. The molecule has 170 valence electrons. The molecule has 1 aliphatic rings. The van der Waals surface area contributed by atoms with E-state index in [1.165, 1.54) is 24.2 Å². The normalized spacial score (nSPS) is 16.4. The SMILES string of the molecule is CCN1CCN(CCNC(=NC)NCC(Cc2ccccc2)c2ccccc2)CC1.I. The van der Waals surface area contributed by atoms with Crippen molar-refractivity contribution >= 4 is 29.9 Å². The number of nitrogens with one attached hydrogen (secondary N) is 2. The number of guanidine groups is 1. The number of likely N-dealkylation sites (N-methyl/N-ethyl adjacent to an activating group) is 1. The largest absolute Gasteiger partial charge is 0.356 e. The molecule has 5 nitrogen and oxygen atoms in total. The van der Waals surface area contributed by atoms with Gasteiger partial charge in [-0.05, 0) is 24.1 Å². The Hall–Kier alpha value is -1.64. The molecule has 1 aliphatic heterocycles. The fraction of sp³-hybridized carbons (Fsp3) is 0.480. The Labute approximate surface area is 205 Å². The van der Waals surface area contributed by atoms with Gasteiger partial charge in [-0.25, -0.2) is 0 Å². The summed E-state index contributed by atoms with van der Waals surface area (Å²) in [5.74, 6) is 1.28. The predicted octanol–water partition coefficient (Wildman–Crippen LogP) is 3.43. The van der Waals surface area contributed by atoms with E-state index in [1.807, 2.05) is 7.05 Å². The third-order valence-electron chi connectivity index (χ3n) is 5.97. The molecule has 1 atom stereocenters. The molecule has 2 N–H and O–H groups in total. The Morgan fingerprint density at radius 2 is 1.52 bits per heavy atom. The maximum absolute atomic E-state index is 4.44. The average molecular weight is 536 g/mol. The lowest BCUT2D eigenvalue weighted by molar-refractivity contribution is 0.139. The quantitative estimate of drug-likeness (QED) is 0.294.